The molecule has 0 radical (unpaired) electrons. The normalized spacial score (nSPS) is 12.2. The Labute approximate surface area is 123 Å². The van der Waals surface area contributed by atoms with Crippen LogP contribution in [0.4, 0.5) is 4.39 Å². The van der Waals surface area contributed by atoms with E-state index in [2.05, 4.69) is 4.99 Å². The second-order valence-corrected chi connectivity index (χ2v) is 4.60. The summed E-state index contributed by atoms with van der Waals surface area (Å²) >= 11 is 5.79. The third-order valence-electron chi connectivity index (χ3n) is 2.59. The number of benzene rings is 1. The third kappa shape index (κ3) is 4.74. The minimum absolute atomic E-state index is 0.0833. The number of ether oxygens (including phenoxy) is 2. The number of halogens is 2. The molecule has 0 aliphatic rings. The summed E-state index contributed by atoms with van der Waals surface area (Å²) in [6, 6.07) is 3.23. The van der Waals surface area contributed by atoms with Gasteiger partial charge in [-0.1, -0.05) is 17.7 Å². The highest BCUT2D eigenvalue weighted by Gasteiger charge is 2.13. The van der Waals surface area contributed by atoms with Crippen LogP contribution in [0, 0.1) is 12.7 Å². The Bertz CT molecular complexity index is 451. The highest BCUT2D eigenvalue weighted by Crippen LogP contribution is 2.20. The van der Waals surface area contributed by atoms with Crippen LogP contribution in [-0.2, 0) is 16.0 Å². The predicted octanol–water partition coefficient (Wildman–Crippen LogP) is 3.04. The molecule has 0 heterocycles. The highest BCUT2D eigenvalue weighted by molar-refractivity contribution is 6.30. The Morgan fingerprint density at radius 1 is 1.35 bits per heavy atom. The van der Waals surface area contributed by atoms with Crippen LogP contribution >= 0.6 is 11.6 Å². The van der Waals surface area contributed by atoms with Crippen molar-refractivity contribution in [3.05, 3.63) is 34.1 Å². The van der Waals surface area contributed by atoms with Crippen LogP contribution in [0.25, 0.3) is 0 Å². The number of amidine groups is 1. The van der Waals surface area contributed by atoms with E-state index >= 15 is 0 Å². The average Bonchev–Trinajstić information content (AvgIpc) is 2.41. The van der Waals surface area contributed by atoms with Crippen molar-refractivity contribution in [3.63, 3.8) is 0 Å². The van der Waals surface area contributed by atoms with E-state index in [9.17, 15) is 4.39 Å². The summed E-state index contributed by atoms with van der Waals surface area (Å²) < 4.78 is 24.1. The molecule has 1 rings (SSSR count). The maximum absolute atomic E-state index is 13.4. The van der Waals surface area contributed by atoms with Crippen molar-refractivity contribution < 1.29 is 13.9 Å². The molecule has 4 nitrogen and oxygen atoms in total. The van der Waals surface area contributed by atoms with Gasteiger partial charge in [0.15, 0.2) is 5.84 Å². The Morgan fingerprint density at radius 3 is 2.45 bits per heavy atom. The number of hydrogen-bond donors (Lipinski definition) is 1. The van der Waals surface area contributed by atoms with Gasteiger partial charge in [-0.2, -0.15) is 0 Å². The van der Waals surface area contributed by atoms with Crippen LogP contribution < -0.4 is 5.73 Å². The van der Waals surface area contributed by atoms with Gasteiger partial charge in [-0.15, -0.1) is 0 Å². The molecule has 0 saturated carbocycles. The van der Waals surface area contributed by atoms with Gasteiger partial charge in [0.1, 0.15) is 5.82 Å². The fraction of sp³-hybridized carbons (Fsp3) is 0.500. The van der Waals surface area contributed by atoms with E-state index in [1.165, 1.54) is 6.07 Å². The first-order valence-electron chi connectivity index (χ1n) is 6.47. The highest BCUT2D eigenvalue weighted by atomic mass is 35.5. The molecule has 0 bridgehead atoms. The summed E-state index contributed by atoms with van der Waals surface area (Å²) in [7, 11) is 0. The monoisotopic (exact) mass is 302 g/mol. The first-order valence-corrected chi connectivity index (χ1v) is 6.84. The SMILES string of the molecule is CCOC(OCC)C(N)=NCc1cc(C)c(F)c(Cl)c1. The second-order valence-electron chi connectivity index (χ2n) is 4.19. The van der Waals surface area contributed by atoms with Crippen LogP contribution in [0.3, 0.4) is 0 Å². The van der Waals surface area contributed by atoms with Crippen molar-refractivity contribution in [2.24, 2.45) is 10.7 Å². The fourth-order valence-electron chi connectivity index (χ4n) is 1.67. The molecule has 20 heavy (non-hydrogen) atoms. The van der Waals surface area contributed by atoms with Gasteiger partial charge in [0.2, 0.25) is 6.29 Å². The van der Waals surface area contributed by atoms with Crippen molar-refractivity contribution in [3.8, 4) is 0 Å². The molecule has 0 unspecified atom stereocenters. The van der Waals surface area contributed by atoms with E-state index in [1.54, 1.807) is 13.0 Å². The lowest BCUT2D eigenvalue weighted by Crippen LogP contribution is -2.34. The van der Waals surface area contributed by atoms with E-state index in [0.29, 0.717) is 25.3 Å². The topological polar surface area (TPSA) is 56.8 Å². The van der Waals surface area contributed by atoms with Crippen LogP contribution in [0.15, 0.2) is 17.1 Å². The van der Waals surface area contributed by atoms with Crippen molar-refractivity contribution in [2.75, 3.05) is 13.2 Å². The third-order valence-corrected chi connectivity index (χ3v) is 2.87. The van der Waals surface area contributed by atoms with Gasteiger partial charge in [0, 0.05) is 13.2 Å². The number of nitrogens with zero attached hydrogens (tertiary/aromatic N) is 1. The number of aliphatic imine (C=N–C) groups is 1. The van der Waals surface area contributed by atoms with Crippen LogP contribution in [-0.4, -0.2) is 25.3 Å². The van der Waals surface area contributed by atoms with Gasteiger partial charge >= 0.3 is 0 Å². The molecular formula is C14H20ClFN2O2. The molecular weight excluding hydrogens is 283 g/mol. The second kappa shape index (κ2) is 8.19. The number of rotatable bonds is 7. The summed E-state index contributed by atoms with van der Waals surface area (Å²) in [5.41, 5.74) is 7.10. The molecule has 0 aliphatic carbocycles. The Kier molecular flexibility index (Phi) is 6.91. The van der Waals surface area contributed by atoms with Gasteiger partial charge in [0.05, 0.1) is 11.6 Å². The van der Waals surface area contributed by atoms with E-state index in [4.69, 9.17) is 26.8 Å². The fourth-order valence-corrected chi connectivity index (χ4v) is 1.96. The minimum Gasteiger partial charge on any atom is -0.383 e. The molecule has 0 spiro atoms. The maximum atomic E-state index is 13.4. The molecule has 0 fully saturated rings. The first kappa shape index (κ1) is 16.9. The number of nitrogens with two attached hydrogens (primary N) is 1. The van der Waals surface area contributed by atoms with Crippen molar-refractivity contribution in [1.82, 2.24) is 0 Å². The Morgan fingerprint density at radius 2 is 1.95 bits per heavy atom. The van der Waals surface area contributed by atoms with E-state index in [1.807, 2.05) is 13.8 Å². The molecule has 0 aliphatic heterocycles. The Balaban J connectivity index is 2.79. The van der Waals surface area contributed by atoms with Gasteiger partial charge in [0.25, 0.3) is 0 Å². The number of aryl methyl sites for hydroxylation is 1. The smallest absolute Gasteiger partial charge is 0.216 e. The van der Waals surface area contributed by atoms with Gasteiger partial charge in [-0.3, -0.25) is 4.99 Å². The zero-order valence-electron chi connectivity index (χ0n) is 12.0. The molecule has 2 N–H and O–H groups in total. The summed E-state index contributed by atoms with van der Waals surface area (Å²) in [5.74, 6) is -0.152. The van der Waals surface area contributed by atoms with Crippen LogP contribution in [0.2, 0.25) is 5.02 Å². The molecule has 0 saturated heterocycles. The van der Waals surface area contributed by atoms with Gasteiger partial charge < -0.3 is 15.2 Å². The van der Waals surface area contributed by atoms with Gasteiger partial charge in [-0.05, 0) is 38.0 Å². The summed E-state index contributed by atoms with van der Waals surface area (Å²) in [4.78, 5) is 4.21. The van der Waals surface area contributed by atoms with Crippen LogP contribution in [0.1, 0.15) is 25.0 Å². The molecule has 112 valence electrons. The van der Waals surface area contributed by atoms with E-state index in [0.717, 1.165) is 5.56 Å². The van der Waals surface area contributed by atoms with Crippen molar-refractivity contribution >= 4 is 17.4 Å². The standard InChI is InChI=1S/C14H20ClFN2O2/c1-4-19-14(20-5-2)13(17)18-8-10-6-9(3)12(16)11(15)7-10/h6-7,14H,4-5,8H2,1-3H3,(H2,17,18). The zero-order valence-corrected chi connectivity index (χ0v) is 12.7. The lowest BCUT2D eigenvalue weighted by atomic mass is 10.1. The van der Waals surface area contributed by atoms with Gasteiger partial charge in [-0.25, -0.2) is 4.39 Å². The minimum atomic E-state index is -0.651. The summed E-state index contributed by atoms with van der Waals surface area (Å²) in [6.45, 7) is 6.60. The molecule has 0 aromatic heterocycles. The molecule has 1 aromatic carbocycles. The summed E-state index contributed by atoms with van der Waals surface area (Å²) in [6.07, 6.45) is -0.651. The number of hydrogen-bond acceptors (Lipinski definition) is 3. The predicted molar refractivity (Wildman–Crippen MR) is 78.5 cm³/mol. The van der Waals surface area contributed by atoms with Crippen LogP contribution in [0.5, 0.6) is 0 Å². The van der Waals surface area contributed by atoms with Crippen molar-refractivity contribution in [2.45, 2.75) is 33.6 Å². The quantitative estimate of drug-likeness (QED) is 0.478. The Hall–Kier alpha value is -1.17. The summed E-state index contributed by atoms with van der Waals surface area (Å²) in [5, 5.41) is 0.0833. The average molecular weight is 303 g/mol. The lowest BCUT2D eigenvalue weighted by molar-refractivity contribution is -0.0907. The molecule has 1 aromatic rings. The zero-order chi connectivity index (χ0) is 15.1. The van der Waals surface area contributed by atoms with Crippen molar-refractivity contribution in [1.29, 1.82) is 0 Å². The first-order chi connectivity index (χ1) is 9.49. The lowest BCUT2D eigenvalue weighted by Gasteiger charge is -2.16. The largest absolute Gasteiger partial charge is 0.383 e. The molecule has 0 amide bonds. The maximum Gasteiger partial charge on any atom is 0.216 e. The van der Waals surface area contributed by atoms with E-state index < -0.39 is 12.1 Å². The molecule has 6 heteroatoms. The molecule has 0 atom stereocenters. The van der Waals surface area contributed by atoms with E-state index in [-0.39, 0.29) is 10.9 Å².